The molecule has 1 aliphatic carbocycles. The Morgan fingerprint density at radius 2 is 2.14 bits per heavy atom. The summed E-state index contributed by atoms with van der Waals surface area (Å²) >= 11 is 0. The summed E-state index contributed by atoms with van der Waals surface area (Å²) in [5.41, 5.74) is 0. The molecule has 80 valence electrons. The van der Waals surface area contributed by atoms with Gasteiger partial charge in [0.15, 0.2) is 5.79 Å². The molecule has 0 aromatic rings. The van der Waals surface area contributed by atoms with E-state index in [1.54, 1.807) is 0 Å². The molecule has 1 aliphatic heterocycles. The molecule has 2 fully saturated rings. The van der Waals surface area contributed by atoms with Crippen LogP contribution in [0.2, 0.25) is 0 Å². The monoisotopic (exact) mass is 200 g/mol. The SMILES string of the molecule is COC(=O)[C@H]1CCCC2(C1)OCCO2. The minimum Gasteiger partial charge on any atom is -0.469 e. The van der Waals surface area contributed by atoms with E-state index in [0.717, 1.165) is 19.3 Å². The largest absolute Gasteiger partial charge is 0.469 e. The molecule has 0 aromatic heterocycles. The molecular formula is C10H16O4. The van der Waals surface area contributed by atoms with E-state index in [1.165, 1.54) is 7.11 Å². The maximum Gasteiger partial charge on any atom is 0.308 e. The number of hydrogen-bond donors (Lipinski definition) is 0. The molecule has 4 heteroatoms. The standard InChI is InChI=1S/C10H16O4/c1-12-9(11)8-3-2-4-10(7-8)13-5-6-14-10/h8H,2-7H2,1H3/t8-/m0/s1. The molecule has 1 saturated heterocycles. The van der Waals surface area contributed by atoms with Crippen molar-refractivity contribution in [3.05, 3.63) is 0 Å². The number of methoxy groups -OCH3 is 1. The summed E-state index contributed by atoms with van der Waals surface area (Å²) in [6, 6.07) is 0. The van der Waals surface area contributed by atoms with Crippen LogP contribution in [0, 0.1) is 5.92 Å². The normalized spacial score (nSPS) is 30.5. The second kappa shape index (κ2) is 3.87. The van der Waals surface area contributed by atoms with Crippen molar-refractivity contribution in [2.75, 3.05) is 20.3 Å². The predicted molar refractivity (Wildman–Crippen MR) is 48.6 cm³/mol. The summed E-state index contributed by atoms with van der Waals surface area (Å²) in [6.07, 6.45) is 3.42. The van der Waals surface area contributed by atoms with Gasteiger partial charge in [-0.05, 0) is 12.8 Å². The van der Waals surface area contributed by atoms with Crippen LogP contribution in [0.25, 0.3) is 0 Å². The van der Waals surface area contributed by atoms with Crippen LogP contribution in [0.5, 0.6) is 0 Å². The average molecular weight is 200 g/mol. The van der Waals surface area contributed by atoms with Gasteiger partial charge < -0.3 is 14.2 Å². The van der Waals surface area contributed by atoms with Crippen molar-refractivity contribution in [3.63, 3.8) is 0 Å². The van der Waals surface area contributed by atoms with Crippen molar-refractivity contribution < 1.29 is 19.0 Å². The van der Waals surface area contributed by atoms with E-state index in [2.05, 4.69) is 0 Å². The van der Waals surface area contributed by atoms with Crippen LogP contribution in [0.3, 0.4) is 0 Å². The topological polar surface area (TPSA) is 44.8 Å². The van der Waals surface area contributed by atoms with Gasteiger partial charge in [0.05, 0.1) is 26.2 Å². The van der Waals surface area contributed by atoms with Crippen molar-refractivity contribution in [3.8, 4) is 0 Å². The van der Waals surface area contributed by atoms with Gasteiger partial charge in [-0.2, -0.15) is 0 Å². The zero-order chi connectivity index (χ0) is 10.0. The Hall–Kier alpha value is -0.610. The summed E-state index contributed by atoms with van der Waals surface area (Å²) in [4.78, 5) is 11.4. The van der Waals surface area contributed by atoms with Crippen LogP contribution >= 0.6 is 0 Å². The number of carbonyl (C=O) groups excluding carboxylic acids is 1. The maximum absolute atomic E-state index is 11.4. The number of hydrogen-bond acceptors (Lipinski definition) is 4. The second-order valence-corrected chi connectivity index (χ2v) is 3.92. The van der Waals surface area contributed by atoms with Gasteiger partial charge in [-0.1, -0.05) is 0 Å². The molecule has 0 amide bonds. The van der Waals surface area contributed by atoms with Gasteiger partial charge in [0.2, 0.25) is 0 Å². The molecular weight excluding hydrogens is 184 g/mol. The van der Waals surface area contributed by atoms with Crippen molar-refractivity contribution >= 4 is 5.97 Å². The smallest absolute Gasteiger partial charge is 0.308 e. The van der Waals surface area contributed by atoms with E-state index < -0.39 is 5.79 Å². The highest BCUT2D eigenvalue weighted by atomic mass is 16.7. The average Bonchev–Trinajstić information content (AvgIpc) is 2.65. The number of ether oxygens (including phenoxy) is 3. The van der Waals surface area contributed by atoms with Crippen molar-refractivity contribution in [1.82, 2.24) is 0 Å². The molecule has 1 saturated carbocycles. The summed E-state index contributed by atoms with van der Waals surface area (Å²) in [5.74, 6) is -0.660. The number of carbonyl (C=O) groups is 1. The first-order valence-corrected chi connectivity index (χ1v) is 5.11. The highest BCUT2D eigenvalue weighted by molar-refractivity contribution is 5.72. The van der Waals surface area contributed by atoms with Crippen LogP contribution in [0.4, 0.5) is 0 Å². The predicted octanol–water partition coefficient (Wildman–Crippen LogP) is 1.09. The maximum atomic E-state index is 11.4. The Morgan fingerprint density at radius 3 is 2.79 bits per heavy atom. The van der Waals surface area contributed by atoms with Gasteiger partial charge in [0.25, 0.3) is 0 Å². The fourth-order valence-electron chi connectivity index (χ4n) is 2.32. The summed E-state index contributed by atoms with van der Waals surface area (Å²) in [5, 5.41) is 0. The lowest BCUT2D eigenvalue weighted by Crippen LogP contribution is -2.39. The highest BCUT2D eigenvalue weighted by Gasteiger charge is 2.43. The molecule has 14 heavy (non-hydrogen) atoms. The minimum atomic E-state index is -0.475. The van der Waals surface area contributed by atoms with Crippen LogP contribution in [0.15, 0.2) is 0 Å². The fourth-order valence-corrected chi connectivity index (χ4v) is 2.32. The first kappa shape index (κ1) is 9.93. The van der Waals surface area contributed by atoms with E-state index in [-0.39, 0.29) is 11.9 Å². The van der Waals surface area contributed by atoms with Crippen molar-refractivity contribution in [1.29, 1.82) is 0 Å². The van der Waals surface area contributed by atoms with Gasteiger partial charge in [0, 0.05) is 12.8 Å². The first-order valence-electron chi connectivity index (χ1n) is 5.11. The Balaban J connectivity index is 1.99. The van der Waals surface area contributed by atoms with Gasteiger partial charge >= 0.3 is 5.97 Å². The van der Waals surface area contributed by atoms with E-state index in [4.69, 9.17) is 14.2 Å². The van der Waals surface area contributed by atoms with Crippen LogP contribution in [-0.2, 0) is 19.0 Å². The molecule has 1 atom stereocenters. The lowest BCUT2D eigenvalue weighted by atomic mass is 9.85. The first-order chi connectivity index (χ1) is 6.76. The Kier molecular flexibility index (Phi) is 2.74. The third kappa shape index (κ3) is 1.77. The molecule has 0 aromatic carbocycles. The second-order valence-electron chi connectivity index (χ2n) is 3.92. The molecule has 0 bridgehead atoms. The third-order valence-corrected chi connectivity index (χ3v) is 3.02. The van der Waals surface area contributed by atoms with Crippen molar-refractivity contribution in [2.24, 2.45) is 5.92 Å². The third-order valence-electron chi connectivity index (χ3n) is 3.02. The van der Waals surface area contributed by atoms with Crippen LogP contribution in [0.1, 0.15) is 25.7 Å². The fraction of sp³-hybridized carbons (Fsp3) is 0.900. The van der Waals surface area contributed by atoms with Gasteiger partial charge in [-0.15, -0.1) is 0 Å². The lowest BCUT2D eigenvalue weighted by Gasteiger charge is -2.34. The Labute approximate surface area is 83.5 Å². The molecule has 2 aliphatic rings. The Morgan fingerprint density at radius 1 is 1.43 bits per heavy atom. The highest BCUT2D eigenvalue weighted by Crippen LogP contribution is 2.38. The van der Waals surface area contributed by atoms with E-state index >= 15 is 0 Å². The molecule has 1 spiro atoms. The molecule has 1 heterocycles. The molecule has 2 rings (SSSR count). The molecule has 0 radical (unpaired) electrons. The van der Waals surface area contributed by atoms with Gasteiger partial charge in [-0.25, -0.2) is 0 Å². The molecule has 0 N–H and O–H groups in total. The number of rotatable bonds is 1. The van der Waals surface area contributed by atoms with Crippen molar-refractivity contribution in [2.45, 2.75) is 31.5 Å². The summed E-state index contributed by atoms with van der Waals surface area (Å²) < 4.78 is 15.9. The van der Waals surface area contributed by atoms with Gasteiger partial charge in [0.1, 0.15) is 0 Å². The lowest BCUT2D eigenvalue weighted by molar-refractivity contribution is -0.194. The van der Waals surface area contributed by atoms with E-state index in [9.17, 15) is 4.79 Å². The molecule has 4 nitrogen and oxygen atoms in total. The quantitative estimate of drug-likeness (QED) is 0.594. The van der Waals surface area contributed by atoms with E-state index in [0.29, 0.717) is 19.6 Å². The zero-order valence-electron chi connectivity index (χ0n) is 8.45. The summed E-state index contributed by atoms with van der Waals surface area (Å²) in [6.45, 7) is 1.29. The minimum absolute atomic E-state index is 0.0492. The zero-order valence-corrected chi connectivity index (χ0v) is 8.45. The van der Waals surface area contributed by atoms with E-state index in [1.807, 2.05) is 0 Å². The summed E-state index contributed by atoms with van der Waals surface area (Å²) in [7, 11) is 1.43. The van der Waals surface area contributed by atoms with Crippen LogP contribution < -0.4 is 0 Å². The van der Waals surface area contributed by atoms with Gasteiger partial charge in [-0.3, -0.25) is 4.79 Å². The Bertz CT molecular complexity index is 220. The number of esters is 1. The molecule has 0 unspecified atom stereocenters. The van der Waals surface area contributed by atoms with Crippen LogP contribution in [-0.4, -0.2) is 32.1 Å².